The van der Waals surface area contributed by atoms with Crippen molar-refractivity contribution < 1.29 is 0 Å². The van der Waals surface area contributed by atoms with Gasteiger partial charge in [0.15, 0.2) is 0 Å². The number of nitrogens with zero attached hydrogens (tertiary/aromatic N) is 1. The Morgan fingerprint density at radius 1 is 1.29 bits per heavy atom. The molecule has 1 nitrogen and oxygen atoms in total. The third kappa shape index (κ3) is 2.05. The van der Waals surface area contributed by atoms with E-state index in [9.17, 15) is 0 Å². The Labute approximate surface area is 88.0 Å². The largest absolute Gasteiger partial charge is 0.302 e. The Kier molecular flexibility index (Phi) is 3.00. The first kappa shape index (κ1) is 9.89. The number of likely N-dealkylation sites (N-methyl/N-ethyl adjacent to an activating group) is 1. The molecule has 2 heteroatoms. The zero-order valence-corrected chi connectivity index (χ0v) is 9.69. The summed E-state index contributed by atoms with van der Waals surface area (Å²) < 4.78 is 0. The molecular weight excluding hydrogens is 189 g/mol. The number of hydrogen-bond donors (Lipinski definition) is 0. The van der Waals surface area contributed by atoms with E-state index in [1.807, 2.05) is 0 Å². The second-order valence-electron chi connectivity index (χ2n) is 3.83. The second-order valence-corrected chi connectivity index (χ2v) is 4.45. The van der Waals surface area contributed by atoms with Crippen LogP contribution in [0.5, 0.6) is 0 Å². The van der Waals surface area contributed by atoms with E-state index in [1.165, 1.54) is 29.4 Å². The van der Waals surface area contributed by atoms with Gasteiger partial charge in [0, 0.05) is 13.1 Å². The Bertz CT molecular complexity index is 357. The highest BCUT2D eigenvalue weighted by atomic mass is 31.0. The molecular formula is C12H16NP. The molecule has 0 amide bonds. The van der Waals surface area contributed by atoms with Crippen molar-refractivity contribution in [2.75, 3.05) is 20.1 Å². The first-order valence-corrected chi connectivity index (χ1v) is 5.57. The van der Waals surface area contributed by atoms with Gasteiger partial charge in [-0.15, -0.1) is 9.24 Å². The van der Waals surface area contributed by atoms with Crippen molar-refractivity contribution in [1.82, 2.24) is 4.90 Å². The van der Waals surface area contributed by atoms with E-state index in [0.29, 0.717) is 0 Å². The number of hydrogen-bond acceptors (Lipinski definition) is 1. The zero-order chi connectivity index (χ0) is 9.97. The van der Waals surface area contributed by atoms with Crippen LogP contribution in [0, 0.1) is 0 Å². The van der Waals surface area contributed by atoms with E-state index in [2.05, 4.69) is 51.5 Å². The molecule has 1 heterocycles. The van der Waals surface area contributed by atoms with Gasteiger partial charge in [0.05, 0.1) is 0 Å². The summed E-state index contributed by atoms with van der Waals surface area (Å²) in [6, 6.07) is 8.56. The van der Waals surface area contributed by atoms with E-state index >= 15 is 0 Å². The molecule has 1 aliphatic rings. The van der Waals surface area contributed by atoms with Crippen LogP contribution < -0.4 is 5.30 Å². The van der Waals surface area contributed by atoms with Crippen LogP contribution >= 0.6 is 9.24 Å². The summed E-state index contributed by atoms with van der Waals surface area (Å²) in [5, 5.41) is 1.31. The van der Waals surface area contributed by atoms with Crippen LogP contribution in [0.2, 0.25) is 0 Å². The Balaban J connectivity index is 2.28. The molecule has 2 rings (SSSR count). The Morgan fingerprint density at radius 2 is 2.07 bits per heavy atom. The minimum Gasteiger partial charge on any atom is -0.302 e. The first-order chi connectivity index (χ1) is 6.77. The van der Waals surface area contributed by atoms with Gasteiger partial charge in [-0.25, -0.2) is 0 Å². The summed E-state index contributed by atoms with van der Waals surface area (Å²) in [5.41, 5.74) is 2.89. The molecule has 0 bridgehead atoms. The standard InChI is InChI=1S/C12H16NP/c1-13-8-6-10(7-9-13)11-4-2-3-5-12(11)14/h2-6H,7-9,14H2,1H3. The van der Waals surface area contributed by atoms with E-state index in [1.54, 1.807) is 0 Å². The highest BCUT2D eigenvalue weighted by Gasteiger charge is 2.10. The topological polar surface area (TPSA) is 3.24 Å². The molecule has 14 heavy (non-hydrogen) atoms. The molecule has 1 unspecified atom stereocenters. The smallest absolute Gasteiger partial charge is 0.0166 e. The maximum Gasteiger partial charge on any atom is 0.0166 e. The predicted molar refractivity (Wildman–Crippen MR) is 65.9 cm³/mol. The van der Waals surface area contributed by atoms with Crippen LogP contribution in [0.25, 0.3) is 5.57 Å². The molecule has 0 spiro atoms. The molecule has 0 saturated carbocycles. The minimum absolute atomic E-state index is 1.08. The Hall–Kier alpha value is -0.650. The van der Waals surface area contributed by atoms with Crippen molar-refractivity contribution in [3.63, 3.8) is 0 Å². The molecule has 1 aromatic rings. The van der Waals surface area contributed by atoms with Crippen molar-refractivity contribution in [3.8, 4) is 0 Å². The van der Waals surface area contributed by atoms with Crippen LogP contribution in [0.3, 0.4) is 0 Å². The van der Waals surface area contributed by atoms with Gasteiger partial charge in [-0.3, -0.25) is 0 Å². The quantitative estimate of drug-likeness (QED) is 0.633. The van der Waals surface area contributed by atoms with Crippen LogP contribution in [-0.2, 0) is 0 Å². The van der Waals surface area contributed by atoms with Crippen LogP contribution in [0.15, 0.2) is 30.3 Å². The summed E-state index contributed by atoms with van der Waals surface area (Å²) >= 11 is 0. The summed E-state index contributed by atoms with van der Waals surface area (Å²) in [6.45, 7) is 2.25. The summed E-state index contributed by atoms with van der Waals surface area (Å²) in [7, 11) is 4.98. The molecule has 1 aromatic carbocycles. The summed E-state index contributed by atoms with van der Waals surface area (Å²) in [6.07, 6.45) is 3.51. The highest BCUT2D eigenvalue weighted by Crippen LogP contribution is 2.21. The molecule has 0 aromatic heterocycles. The van der Waals surface area contributed by atoms with Crippen LogP contribution in [-0.4, -0.2) is 25.0 Å². The molecule has 0 aliphatic carbocycles. The van der Waals surface area contributed by atoms with Gasteiger partial charge in [-0.2, -0.15) is 0 Å². The first-order valence-electron chi connectivity index (χ1n) is 5.00. The minimum atomic E-state index is 1.08. The fourth-order valence-corrected chi connectivity index (χ4v) is 2.20. The van der Waals surface area contributed by atoms with Gasteiger partial charge < -0.3 is 4.90 Å². The zero-order valence-electron chi connectivity index (χ0n) is 8.53. The van der Waals surface area contributed by atoms with E-state index < -0.39 is 0 Å². The van der Waals surface area contributed by atoms with E-state index in [4.69, 9.17) is 0 Å². The average molecular weight is 205 g/mol. The molecule has 0 N–H and O–H groups in total. The molecule has 74 valence electrons. The number of rotatable bonds is 1. The molecule has 1 atom stereocenters. The lowest BCUT2D eigenvalue weighted by atomic mass is 10.00. The van der Waals surface area contributed by atoms with Gasteiger partial charge in [0.25, 0.3) is 0 Å². The van der Waals surface area contributed by atoms with Gasteiger partial charge in [0.1, 0.15) is 0 Å². The maximum absolute atomic E-state index is 2.81. The SMILES string of the molecule is CN1CC=C(c2ccccc2P)CC1. The van der Waals surface area contributed by atoms with Crippen molar-refractivity contribution in [2.45, 2.75) is 6.42 Å². The molecule has 0 saturated heterocycles. The summed E-state index contributed by atoms with van der Waals surface area (Å²) in [5.74, 6) is 0. The number of benzene rings is 1. The van der Waals surface area contributed by atoms with Crippen LogP contribution in [0.4, 0.5) is 0 Å². The fourth-order valence-electron chi connectivity index (χ4n) is 1.80. The predicted octanol–water partition coefficient (Wildman–Crippen LogP) is 1.91. The van der Waals surface area contributed by atoms with Crippen molar-refractivity contribution in [2.24, 2.45) is 0 Å². The lowest BCUT2D eigenvalue weighted by molar-refractivity contribution is 0.370. The molecule has 0 fully saturated rings. The van der Waals surface area contributed by atoms with Gasteiger partial charge in [-0.05, 0) is 29.9 Å². The maximum atomic E-state index is 2.81. The average Bonchev–Trinajstić information content (AvgIpc) is 2.20. The third-order valence-electron chi connectivity index (χ3n) is 2.72. The van der Waals surface area contributed by atoms with Gasteiger partial charge in [-0.1, -0.05) is 30.3 Å². The lowest BCUT2D eigenvalue weighted by Crippen LogP contribution is -2.24. The molecule has 0 radical (unpaired) electrons. The van der Waals surface area contributed by atoms with Gasteiger partial charge >= 0.3 is 0 Å². The monoisotopic (exact) mass is 205 g/mol. The molecule has 1 aliphatic heterocycles. The highest BCUT2D eigenvalue weighted by molar-refractivity contribution is 7.27. The fraction of sp³-hybridized carbons (Fsp3) is 0.333. The van der Waals surface area contributed by atoms with E-state index in [0.717, 1.165) is 6.54 Å². The van der Waals surface area contributed by atoms with Crippen molar-refractivity contribution in [1.29, 1.82) is 0 Å². The van der Waals surface area contributed by atoms with Gasteiger partial charge in [0.2, 0.25) is 0 Å². The van der Waals surface area contributed by atoms with Crippen molar-refractivity contribution in [3.05, 3.63) is 35.9 Å². The normalized spacial score (nSPS) is 18.0. The Morgan fingerprint density at radius 3 is 2.71 bits per heavy atom. The summed E-state index contributed by atoms with van der Waals surface area (Å²) in [4.78, 5) is 2.34. The second kappa shape index (κ2) is 4.25. The lowest BCUT2D eigenvalue weighted by Gasteiger charge is -2.22. The van der Waals surface area contributed by atoms with Crippen LogP contribution in [0.1, 0.15) is 12.0 Å². The van der Waals surface area contributed by atoms with E-state index in [-0.39, 0.29) is 0 Å². The van der Waals surface area contributed by atoms with Crippen molar-refractivity contribution >= 4 is 20.1 Å². The third-order valence-corrected chi connectivity index (χ3v) is 3.22.